The van der Waals surface area contributed by atoms with Gasteiger partial charge in [-0.2, -0.15) is 0 Å². The topological polar surface area (TPSA) is 60.7 Å². The molecule has 0 spiro atoms. The fourth-order valence-electron chi connectivity index (χ4n) is 14.0. The molecular weight excluding hydrogens is 1060 g/mol. The summed E-state index contributed by atoms with van der Waals surface area (Å²) in [5, 5.41) is 35.2. The van der Waals surface area contributed by atoms with Gasteiger partial charge in [0.05, 0.1) is 0 Å². The third-order valence-electron chi connectivity index (χ3n) is 19.3. The number of hydrogen-bond acceptors (Lipinski definition) is 3. The Hall–Kier alpha value is -3.72. The zero-order valence-corrected chi connectivity index (χ0v) is 61.1. The molecule has 0 fully saturated rings. The zero-order valence-electron chi connectivity index (χ0n) is 61.1. The number of aromatic hydroxyl groups is 3. The maximum Gasteiger partial charge on any atom is 0.123 e. The van der Waals surface area contributed by atoms with Crippen LogP contribution in [-0.2, 0) is 90.3 Å². The van der Waals surface area contributed by atoms with Gasteiger partial charge >= 0.3 is 0 Å². The third kappa shape index (κ3) is 23.8. The number of hydrogen-bond donors (Lipinski definition) is 3. The SMILES string of the molecule is CCCCCCCCc1c(CCCCc2cc(C(C)(C)C)c(O)c(C(C)(C)C)c2)c(CCCCCCCC)c(CCCCc2cc(C(C)(C)C)c(O)c(C(C)(C)C)c2)c(CCCCCCCC)c1CCCCc1cc(C(C)(C)C)c(O)c(C(C)(C)C)c1. The van der Waals surface area contributed by atoms with E-state index in [2.05, 4.69) is 182 Å². The highest BCUT2D eigenvalue weighted by molar-refractivity contribution is 5.55. The van der Waals surface area contributed by atoms with Gasteiger partial charge in [0.25, 0.3) is 0 Å². The molecule has 0 aliphatic carbocycles. The molecule has 0 aromatic heterocycles. The minimum absolute atomic E-state index is 0.148. The van der Waals surface area contributed by atoms with E-state index >= 15 is 0 Å². The average molecular weight is 1200 g/mol. The Kier molecular flexibility index (Phi) is 30.2. The summed E-state index contributed by atoms with van der Waals surface area (Å²) in [7, 11) is 0. The molecule has 0 saturated heterocycles. The van der Waals surface area contributed by atoms with E-state index in [4.69, 9.17) is 0 Å². The molecule has 0 saturated carbocycles. The van der Waals surface area contributed by atoms with Crippen LogP contribution in [0.3, 0.4) is 0 Å². The molecule has 3 nitrogen and oxygen atoms in total. The van der Waals surface area contributed by atoms with Crippen LogP contribution >= 0.6 is 0 Å². The van der Waals surface area contributed by atoms with Crippen molar-refractivity contribution >= 4 is 0 Å². The number of benzene rings is 4. The van der Waals surface area contributed by atoms with Crippen molar-refractivity contribution in [1.29, 1.82) is 0 Å². The van der Waals surface area contributed by atoms with Gasteiger partial charge < -0.3 is 15.3 Å². The number of phenolic OH excluding ortho intramolecular Hbond substituents is 3. The smallest absolute Gasteiger partial charge is 0.123 e. The van der Waals surface area contributed by atoms with Crippen LogP contribution in [-0.4, -0.2) is 15.3 Å². The largest absolute Gasteiger partial charge is 0.507 e. The normalized spacial score (nSPS) is 12.9. The second-order valence-corrected chi connectivity index (χ2v) is 33.7. The molecule has 0 amide bonds. The fraction of sp³-hybridized carbons (Fsp3) is 0.714. The standard InChI is InChI=1S/C84H138O3/c1-22-25-28-31-34-37-49-64-67(52-43-40-46-61-55-70(79(4,5)6)76(85)71(56-61)80(7,8)9)65(50-38-35-32-29-26-23-2)69(54-45-42-48-63-59-74(83(16,17)18)78(87)75(60-63)84(19,20)21)66(51-39-36-33-30-27-24-3)68(64)53-44-41-47-62-57-72(81(10,11)12)77(86)73(58-62)82(13,14)15/h55-60,85-87H,22-54H2,1-21H3. The van der Waals surface area contributed by atoms with Crippen molar-refractivity contribution in [1.82, 2.24) is 0 Å². The molecule has 3 heteroatoms. The molecule has 4 rings (SSSR count). The van der Waals surface area contributed by atoms with Gasteiger partial charge in [-0.1, -0.05) is 278 Å². The van der Waals surface area contributed by atoms with Gasteiger partial charge in [0, 0.05) is 0 Å². The van der Waals surface area contributed by atoms with E-state index in [0.29, 0.717) is 17.2 Å². The number of unbranched alkanes of at least 4 members (excludes halogenated alkanes) is 18. The molecule has 492 valence electrons. The fourth-order valence-corrected chi connectivity index (χ4v) is 14.0. The van der Waals surface area contributed by atoms with E-state index < -0.39 is 0 Å². The zero-order chi connectivity index (χ0) is 65.0. The van der Waals surface area contributed by atoms with Crippen molar-refractivity contribution < 1.29 is 15.3 Å². The molecule has 0 heterocycles. The maximum absolute atomic E-state index is 11.7. The van der Waals surface area contributed by atoms with Crippen LogP contribution in [0.25, 0.3) is 0 Å². The first-order valence-corrected chi connectivity index (χ1v) is 36.4. The maximum atomic E-state index is 11.7. The molecule has 4 aromatic carbocycles. The Balaban J connectivity index is 1.98. The van der Waals surface area contributed by atoms with E-state index in [1.165, 1.54) is 171 Å². The predicted molar refractivity (Wildman–Crippen MR) is 384 cm³/mol. The van der Waals surface area contributed by atoms with Crippen LogP contribution in [0.1, 0.15) is 383 Å². The first kappa shape index (κ1) is 75.7. The Morgan fingerprint density at radius 3 is 0.506 bits per heavy atom. The van der Waals surface area contributed by atoms with Crippen molar-refractivity contribution in [2.75, 3.05) is 0 Å². The molecule has 0 aliphatic rings. The summed E-state index contributed by atoms with van der Waals surface area (Å²) in [5.74, 6) is 1.45. The van der Waals surface area contributed by atoms with E-state index in [1.54, 1.807) is 33.4 Å². The molecule has 4 aromatic rings. The average Bonchev–Trinajstić information content (AvgIpc) is 0.907. The molecule has 0 aliphatic heterocycles. The predicted octanol–water partition coefficient (Wildman–Crippen LogP) is 25.0. The van der Waals surface area contributed by atoms with Gasteiger partial charge in [-0.15, -0.1) is 0 Å². The van der Waals surface area contributed by atoms with Crippen molar-refractivity contribution in [3.05, 3.63) is 120 Å². The minimum Gasteiger partial charge on any atom is -0.507 e. The quantitative estimate of drug-likeness (QED) is 0.0398. The lowest BCUT2D eigenvalue weighted by atomic mass is 9.76. The number of aryl methyl sites for hydroxylation is 3. The summed E-state index contributed by atoms with van der Waals surface area (Å²) in [6.07, 6.45) is 40.6. The molecular formula is C84H138O3. The Morgan fingerprint density at radius 2 is 0.345 bits per heavy atom. The van der Waals surface area contributed by atoms with Gasteiger partial charge in [0.15, 0.2) is 0 Å². The monoisotopic (exact) mass is 1200 g/mol. The minimum atomic E-state index is -0.148. The van der Waals surface area contributed by atoms with Crippen molar-refractivity contribution in [2.45, 2.75) is 390 Å². The van der Waals surface area contributed by atoms with Crippen LogP contribution < -0.4 is 0 Å². The van der Waals surface area contributed by atoms with Gasteiger partial charge in [-0.3, -0.25) is 0 Å². The molecule has 0 bridgehead atoms. The molecule has 0 unspecified atom stereocenters. The number of rotatable bonds is 36. The molecule has 0 radical (unpaired) electrons. The van der Waals surface area contributed by atoms with E-state index in [0.717, 1.165) is 91.2 Å². The lowest BCUT2D eigenvalue weighted by molar-refractivity contribution is 0.421. The third-order valence-corrected chi connectivity index (χ3v) is 19.3. The number of phenols is 3. The highest BCUT2D eigenvalue weighted by Crippen LogP contribution is 2.44. The van der Waals surface area contributed by atoms with Crippen LogP contribution in [0.4, 0.5) is 0 Å². The second kappa shape index (κ2) is 34.6. The van der Waals surface area contributed by atoms with Gasteiger partial charge in [-0.25, -0.2) is 0 Å². The first-order valence-electron chi connectivity index (χ1n) is 36.4. The van der Waals surface area contributed by atoms with Crippen molar-refractivity contribution in [3.8, 4) is 17.2 Å². The van der Waals surface area contributed by atoms with Crippen LogP contribution in [0, 0.1) is 0 Å². The lowest BCUT2D eigenvalue weighted by Gasteiger charge is -2.29. The van der Waals surface area contributed by atoms with Crippen LogP contribution in [0.2, 0.25) is 0 Å². The summed E-state index contributed by atoms with van der Waals surface area (Å²) >= 11 is 0. The molecule has 0 atom stereocenters. The summed E-state index contributed by atoms with van der Waals surface area (Å²) in [5.41, 5.74) is 20.2. The van der Waals surface area contributed by atoms with E-state index in [1.807, 2.05) is 0 Å². The van der Waals surface area contributed by atoms with Crippen molar-refractivity contribution in [3.63, 3.8) is 0 Å². The van der Waals surface area contributed by atoms with Crippen molar-refractivity contribution in [2.24, 2.45) is 0 Å². The van der Waals surface area contributed by atoms with Gasteiger partial charge in [0.1, 0.15) is 17.2 Å². The van der Waals surface area contributed by atoms with Gasteiger partial charge in [0.2, 0.25) is 0 Å². The Morgan fingerprint density at radius 1 is 0.207 bits per heavy atom. The van der Waals surface area contributed by atoms with Crippen LogP contribution in [0.15, 0.2) is 36.4 Å². The molecule has 87 heavy (non-hydrogen) atoms. The summed E-state index contributed by atoms with van der Waals surface area (Å²) < 4.78 is 0. The molecule has 3 N–H and O–H groups in total. The highest BCUT2D eigenvalue weighted by Gasteiger charge is 2.31. The second-order valence-electron chi connectivity index (χ2n) is 33.7. The Labute approximate surface area is 539 Å². The summed E-state index contributed by atoms with van der Waals surface area (Å²) in [4.78, 5) is 0. The lowest BCUT2D eigenvalue weighted by Crippen LogP contribution is -2.18. The summed E-state index contributed by atoms with van der Waals surface area (Å²) in [6.45, 7) is 47.5. The van der Waals surface area contributed by atoms with E-state index in [-0.39, 0.29) is 32.5 Å². The van der Waals surface area contributed by atoms with E-state index in [9.17, 15) is 15.3 Å². The summed E-state index contributed by atoms with van der Waals surface area (Å²) in [6, 6.07) is 14.0. The van der Waals surface area contributed by atoms with Gasteiger partial charge in [-0.05, 0) is 232 Å². The highest BCUT2D eigenvalue weighted by atomic mass is 16.3. The first-order chi connectivity index (χ1) is 40.7. The Bertz CT molecular complexity index is 2260. The van der Waals surface area contributed by atoms with Crippen LogP contribution in [0.5, 0.6) is 17.2 Å².